The summed E-state index contributed by atoms with van der Waals surface area (Å²) >= 11 is 0. The highest BCUT2D eigenvalue weighted by Gasteiger charge is 2.42. The van der Waals surface area contributed by atoms with E-state index in [9.17, 15) is 14.4 Å². The lowest BCUT2D eigenvalue weighted by molar-refractivity contribution is 0.0476. The summed E-state index contributed by atoms with van der Waals surface area (Å²) in [4.78, 5) is 49.9. The molecule has 2 aliphatic carbocycles. The van der Waals surface area contributed by atoms with Gasteiger partial charge in [0.15, 0.2) is 11.5 Å². The lowest BCUT2D eigenvalue weighted by atomic mass is 9.68. The van der Waals surface area contributed by atoms with Crippen molar-refractivity contribution in [2.75, 3.05) is 28.4 Å². The number of benzene rings is 3. The van der Waals surface area contributed by atoms with Gasteiger partial charge in [0.1, 0.15) is 0 Å². The maximum Gasteiger partial charge on any atom is 0.261 e. The number of fused-ring (bicyclic) bond motifs is 3. The molecule has 1 unspecified atom stereocenters. The van der Waals surface area contributed by atoms with Gasteiger partial charge in [-0.15, -0.1) is 0 Å². The standard InChI is InChI=1S/C43H47N3O6/c1-43(2,3)27-23-26(20-25-21-35(50-5)39(52-7)36(22-25)51-6)38-33(24-27)37(32-14-10-11-15-34(32)44-38)42(49)45(4)28-16-18-29(19-17-28)46-40(47)30-12-8-9-13-31(30)41(46)48/h8-15,20-22,27-29H,16-19,23-24H2,1-7H3/b26-20-. The number of pyridine rings is 1. The number of methoxy groups -OCH3 is 3. The largest absolute Gasteiger partial charge is 0.493 e. The first kappa shape index (κ1) is 35.2. The summed E-state index contributed by atoms with van der Waals surface area (Å²) in [7, 11) is 6.71. The van der Waals surface area contributed by atoms with Crippen LogP contribution in [0.2, 0.25) is 0 Å². The SMILES string of the molecule is COc1cc(/C=C2/CC(C(C)(C)C)Cc3c2nc2ccccc2c3C(=O)N(C)C2CCC(N3C(=O)c4ccccc4C3=O)CC2)cc(OC)c1OC. The number of hydrogen-bond acceptors (Lipinski definition) is 7. The minimum Gasteiger partial charge on any atom is -0.493 e. The lowest BCUT2D eigenvalue weighted by Gasteiger charge is -2.39. The van der Waals surface area contributed by atoms with Crippen molar-refractivity contribution in [3.8, 4) is 17.2 Å². The fourth-order valence-electron chi connectivity index (χ4n) is 8.35. The Morgan fingerprint density at radius 1 is 0.846 bits per heavy atom. The highest BCUT2D eigenvalue weighted by molar-refractivity contribution is 6.21. The average Bonchev–Trinajstić information content (AvgIpc) is 3.41. The Hall–Kier alpha value is -5.18. The number of aromatic nitrogens is 1. The second-order valence-corrected chi connectivity index (χ2v) is 15.3. The van der Waals surface area contributed by atoms with Crippen LogP contribution >= 0.6 is 0 Å². The second-order valence-electron chi connectivity index (χ2n) is 15.3. The van der Waals surface area contributed by atoms with Gasteiger partial charge < -0.3 is 19.1 Å². The molecular weight excluding hydrogens is 654 g/mol. The molecule has 1 fully saturated rings. The van der Waals surface area contributed by atoms with E-state index in [1.165, 1.54) is 4.90 Å². The summed E-state index contributed by atoms with van der Waals surface area (Å²) in [5, 5.41) is 0.847. The second kappa shape index (κ2) is 13.7. The third kappa shape index (κ3) is 6.10. The normalized spacial score (nSPS) is 20.9. The number of para-hydroxylation sites is 1. The quantitative estimate of drug-likeness (QED) is 0.180. The molecule has 0 saturated heterocycles. The Kier molecular flexibility index (Phi) is 9.32. The zero-order chi connectivity index (χ0) is 36.9. The number of imide groups is 1. The first-order valence-corrected chi connectivity index (χ1v) is 18.1. The minimum absolute atomic E-state index is 0.0271. The van der Waals surface area contributed by atoms with Gasteiger partial charge in [0.05, 0.1) is 49.2 Å². The van der Waals surface area contributed by atoms with Crippen LogP contribution in [0.4, 0.5) is 0 Å². The molecule has 3 aliphatic rings. The Morgan fingerprint density at radius 2 is 1.44 bits per heavy atom. The summed E-state index contributed by atoms with van der Waals surface area (Å²) < 4.78 is 16.9. The van der Waals surface area contributed by atoms with Gasteiger partial charge >= 0.3 is 0 Å². The summed E-state index contributed by atoms with van der Waals surface area (Å²) in [6.45, 7) is 6.78. The van der Waals surface area contributed by atoms with Crippen molar-refractivity contribution in [1.82, 2.24) is 14.8 Å². The van der Waals surface area contributed by atoms with Crippen molar-refractivity contribution in [2.45, 2.75) is 71.4 Å². The molecule has 0 radical (unpaired) electrons. The average molecular weight is 702 g/mol. The molecule has 0 N–H and O–H groups in total. The molecule has 3 aromatic carbocycles. The predicted octanol–water partition coefficient (Wildman–Crippen LogP) is 8.09. The van der Waals surface area contributed by atoms with Gasteiger partial charge in [0, 0.05) is 24.5 Å². The summed E-state index contributed by atoms with van der Waals surface area (Å²) in [5.41, 5.74) is 6.16. The summed E-state index contributed by atoms with van der Waals surface area (Å²) in [5.74, 6) is 1.46. The van der Waals surface area contributed by atoms with E-state index in [0.717, 1.165) is 46.1 Å². The van der Waals surface area contributed by atoms with Crippen molar-refractivity contribution >= 4 is 40.3 Å². The minimum atomic E-state index is -0.216. The monoisotopic (exact) mass is 701 g/mol. The van der Waals surface area contributed by atoms with Gasteiger partial charge in [-0.1, -0.05) is 51.1 Å². The van der Waals surface area contributed by atoms with E-state index >= 15 is 0 Å². The number of hydrogen-bond donors (Lipinski definition) is 0. The highest BCUT2D eigenvalue weighted by atomic mass is 16.5. The van der Waals surface area contributed by atoms with E-state index in [1.807, 2.05) is 48.3 Å². The Balaban J connectivity index is 1.24. The van der Waals surface area contributed by atoms with E-state index in [4.69, 9.17) is 19.2 Å². The van der Waals surface area contributed by atoms with Gasteiger partial charge in [-0.05, 0) is 103 Å². The summed E-state index contributed by atoms with van der Waals surface area (Å²) in [6.07, 6.45) is 6.36. The first-order valence-electron chi connectivity index (χ1n) is 18.1. The molecule has 3 amide bonds. The van der Waals surface area contributed by atoms with E-state index in [1.54, 1.807) is 45.6 Å². The van der Waals surface area contributed by atoms with Crippen molar-refractivity contribution in [1.29, 1.82) is 0 Å². The van der Waals surface area contributed by atoms with Crippen LogP contribution in [0.3, 0.4) is 0 Å². The van der Waals surface area contributed by atoms with Crippen LogP contribution in [0.5, 0.6) is 17.2 Å². The molecule has 1 aliphatic heterocycles. The van der Waals surface area contributed by atoms with Gasteiger partial charge in [0.25, 0.3) is 17.7 Å². The number of allylic oxidation sites excluding steroid dienone is 1. The Bertz CT molecular complexity index is 2050. The van der Waals surface area contributed by atoms with Crippen molar-refractivity contribution in [3.05, 3.63) is 94.2 Å². The number of carbonyl (C=O) groups is 3. The maximum absolute atomic E-state index is 14.9. The summed E-state index contributed by atoms with van der Waals surface area (Å²) in [6, 6.07) is 18.6. The van der Waals surface area contributed by atoms with Crippen LogP contribution in [0.15, 0.2) is 60.7 Å². The van der Waals surface area contributed by atoms with E-state index in [0.29, 0.717) is 59.6 Å². The molecule has 270 valence electrons. The predicted molar refractivity (Wildman–Crippen MR) is 202 cm³/mol. The number of nitrogens with zero attached hydrogens (tertiary/aromatic N) is 3. The van der Waals surface area contributed by atoms with Crippen LogP contribution in [-0.4, -0.2) is 73.0 Å². The molecular formula is C43H47N3O6. The maximum atomic E-state index is 14.9. The Labute approximate surface area is 305 Å². The van der Waals surface area contributed by atoms with E-state index < -0.39 is 0 Å². The fraction of sp³-hybridized carbons (Fsp3) is 0.395. The van der Waals surface area contributed by atoms with Crippen LogP contribution in [-0.2, 0) is 6.42 Å². The molecule has 1 saturated carbocycles. The number of rotatable bonds is 7. The van der Waals surface area contributed by atoms with Crippen molar-refractivity contribution in [2.24, 2.45) is 11.3 Å². The van der Waals surface area contributed by atoms with Crippen LogP contribution < -0.4 is 14.2 Å². The molecule has 9 nitrogen and oxygen atoms in total. The smallest absolute Gasteiger partial charge is 0.261 e. The van der Waals surface area contributed by atoms with E-state index in [-0.39, 0.29) is 41.1 Å². The van der Waals surface area contributed by atoms with Gasteiger partial charge in [-0.3, -0.25) is 19.3 Å². The van der Waals surface area contributed by atoms with Gasteiger partial charge in [0.2, 0.25) is 5.75 Å². The molecule has 1 atom stereocenters. The van der Waals surface area contributed by atoms with E-state index in [2.05, 4.69) is 26.8 Å². The van der Waals surface area contributed by atoms with Crippen molar-refractivity contribution < 1.29 is 28.6 Å². The zero-order valence-corrected chi connectivity index (χ0v) is 31.1. The third-order valence-corrected chi connectivity index (χ3v) is 11.4. The molecule has 9 heteroatoms. The molecule has 1 aromatic heterocycles. The zero-order valence-electron chi connectivity index (χ0n) is 31.1. The van der Waals surface area contributed by atoms with Gasteiger partial charge in [-0.2, -0.15) is 0 Å². The molecule has 52 heavy (non-hydrogen) atoms. The third-order valence-electron chi connectivity index (χ3n) is 11.4. The fourth-order valence-corrected chi connectivity index (χ4v) is 8.35. The highest BCUT2D eigenvalue weighted by Crippen LogP contribution is 2.46. The molecule has 0 spiro atoms. The Morgan fingerprint density at radius 3 is 2.02 bits per heavy atom. The number of amides is 3. The van der Waals surface area contributed by atoms with Crippen LogP contribution in [0, 0.1) is 11.3 Å². The number of ether oxygens (including phenoxy) is 3. The first-order chi connectivity index (χ1) is 24.9. The topological polar surface area (TPSA) is 98.3 Å². The lowest BCUT2D eigenvalue weighted by Crippen LogP contribution is -2.46. The van der Waals surface area contributed by atoms with Crippen LogP contribution in [0.25, 0.3) is 22.6 Å². The molecule has 2 heterocycles. The van der Waals surface area contributed by atoms with Crippen molar-refractivity contribution in [3.63, 3.8) is 0 Å². The molecule has 7 rings (SSSR count). The molecule has 0 bridgehead atoms. The molecule has 4 aromatic rings. The van der Waals surface area contributed by atoms with Gasteiger partial charge in [-0.25, -0.2) is 4.98 Å². The van der Waals surface area contributed by atoms with Crippen LogP contribution in [0.1, 0.15) is 101 Å². The number of carbonyl (C=O) groups excluding carboxylic acids is 3.